The van der Waals surface area contributed by atoms with Gasteiger partial charge in [0.2, 0.25) is 0 Å². The van der Waals surface area contributed by atoms with Gasteiger partial charge in [0, 0.05) is 19.4 Å². The molecule has 22 heavy (non-hydrogen) atoms. The highest BCUT2D eigenvalue weighted by Gasteiger charge is 2.10. The van der Waals surface area contributed by atoms with Crippen molar-refractivity contribution >= 4 is 11.2 Å². The Morgan fingerprint density at radius 1 is 1.05 bits per heavy atom. The summed E-state index contributed by atoms with van der Waals surface area (Å²) in [4.78, 5) is 12.6. The maximum Gasteiger partial charge on any atom is 0.250 e. The molecule has 0 N–H and O–H groups in total. The first-order valence-corrected chi connectivity index (χ1v) is 6.71. The highest BCUT2D eigenvalue weighted by molar-refractivity contribution is 5.76. The molecule has 0 spiro atoms. The number of aryl methyl sites for hydroxylation is 1. The van der Waals surface area contributed by atoms with Crippen LogP contribution < -0.4 is 4.74 Å². The Labute approximate surface area is 125 Å². The highest BCUT2D eigenvalue weighted by atomic mass is 16.5. The standard InChI is InChI=1S/C15H12N6O/c1-20-10-18-13-14(20)16-9-17-15(13)22-12-5-3-11(4-6-12)21-8-2-7-19-21/h2-10H,1H3. The molecule has 0 saturated carbocycles. The van der Waals surface area contributed by atoms with Gasteiger partial charge in [0.25, 0.3) is 5.88 Å². The minimum absolute atomic E-state index is 0.442. The van der Waals surface area contributed by atoms with Crippen molar-refractivity contribution in [3.05, 3.63) is 55.4 Å². The van der Waals surface area contributed by atoms with E-state index in [1.807, 2.05) is 48.1 Å². The average molecular weight is 292 g/mol. The molecule has 0 bridgehead atoms. The van der Waals surface area contributed by atoms with Crippen LogP contribution in [-0.2, 0) is 7.05 Å². The van der Waals surface area contributed by atoms with Gasteiger partial charge in [-0.3, -0.25) is 0 Å². The Morgan fingerprint density at radius 3 is 2.68 bits per heavy atom. The molecule has 1 aromatic carbocycles. The zero-order valence-electron chi connectivity index (χ0n) is 11.8. The molecule has 0 fully saturated rings. The summed E-state index contributed by atoms with van der Waals surface area (Å²) in [5.41, 5.74) is 2.34. The van der Waals surface area contributed by atoms with Crippen LogP contribution in [0.1, 0.15) is 0 Å². The third kappa shape index (κ3) is 2.08. The Kier molecular flexibility index (Phi) is 2.82. The number of rotatable bonds is 3. The van der Waals surface area contributed by atoms with E-state index in [1.54, 1.807) is 17.2 Å². The first kappa shape index (κ1) is 12.5. The van der Waals surface area contributed by atoms with Gasteiger partial charge in [0.05, 0.1) is 12.0 Å². The maximum atomic E-state index is 5.82. The van der Waals surface area contributed by atoms with Crippen LogP contribution in [0.5, 0.6) is 11.6 Å². The topological polar surface area (TPSA) is 70.7 Å². The summed E-state index contributed by atoms with van der Waals surface area (Å²) in [6, 6.07) is 9.48. The lowest BCUT2D eigenvalue weighted by Gasteiger charge is -2.06. The molecule has 0 aliphatic heterocycles. The summed E-state index contributed by atoms with van der Waals surface area (Å²) in [7, 11) is 1.88. The van der Waals surface area contributed by atoms with Gasteiger partial charge in [-0.25, -0.2) is 14.6 Å². The van der Waals surface area contributed by atoms with Gasteiger partial charge in [-0.15, -0.1) is 0 Å². The molecule has 7 heteroatoms. The smallest absolute Gasteiger partial charge is 0.250 e. The molecule has 3 aromatic heterocycles. The highest BCUT2D eigenvalue weighted by Crippen LogP contribution is 2.25. The average Bonchev–Trinajstić information content (AvgIpc) is 3.19. The van der Waals surface area contributed by atoms with Crippen LogP contribution >= 0.6 is 0 Å². The second-order valence-electron chi connectivity index (χ2n) is 4.75. The van der Waals surface area contributed by atoms with Crippen molar-refractivity contribution in [1.29, 1.82) is 0 Å². The normalized spacial score (nSPS) is 11.0. The Hall–Kier alpha value is -3.22. The van der Waals surface area contributed by atoms with E-state index in [2.05, 4.69) is 20.1 Å². The third-order valence-electron chi connectivity index (χ3n) is 3.28. The van der Waals surface area contributed by atoms with Crippen LogP contribution in [-0.4, -0.2) is 29.3 Å². The zero-order valence-corrected chi connectivity index (χ0v) is 11.8. The lowest BCUT2D eigenvalue weighted by atomic mass is 10.3. The molecule has 108 valence electrons. The minimum Gasteiger partial charge on any atom is -0.437 e. The molecule has 0 radical (unpaired) electrons. The number of ether oxygens (including phenoxy) is 1. The molecule has 0 atom stereocenters. The number of hydrogen-bond donors (Lipinski definition) is 0. The molecule has 0 saturated heterocycles. The van der Waals surface area contributed by atoms with Crippen molar-refractivity contribution in [2.75, 3.05) is 0 Å². The van der Waals surface area contributed by atoms with Gasteiger partial charge < -0.3 is 9.30 Å². The van der Waals surface area contributed by atoms with Crippen molar-refractivity contribution < 1.29 is 4.74 Å². The SMILES string of the molecule is Cn1cnc2c(Oc3ccc(-n4cccn4)cc3)ncnc21. The lowest BCUT2D eigenvalue weighted by molar-refractivity contribution is 0.467. The van der Waals surface area contributed by atoms with Gasteiger partial charge in [0.1, 0.15) is 12.1 Å². The van der Waals surface area contributed by atoms with Gasteiger partial charge in [0.15, 0.2) is 11.2 Å². The summed E-state index contributed by atoms with van der Waals surface area (Å²) in [6.45, 7) is 0. The molecule has 0 aliphatic rings. The first-order valence-electron chi connectivity index (χ1n) is 6.71. The molecule has 3 heterocycles. The number of fused-ring (bicyclic) bond motifs is 1. The predicted molar refractivity (Wildman–Crippen MR) is 79.9 cm³/mol. The molecular formula is C15H12N6O. The van der Waals surface area contributed by atoms with Crippen molar-refractivity contribution in [1.82, 2.24) is 29.3 Å². The van der Waals surface area contributed by atoms with Gasteiger partial charge >= 0.3 is 0 Å². The van der Waals surface area contributed by atoms with E-state index in [4.69, 9.17) is 4.74 Å². The molecule has 0 unspecified atom stereocenters. The molecule has 0 aliphatic carbocycles. The predicted octanol–water partition coefficient (Wildman–Crippen LogP) is 2.34. The molecule has 0 amide bonds. The fourth-order valence-corrected chi connectivity index (χ4v) is 2.20. The molecule has 4 rings (SSSR count). The number of hydrogen-bond acceptors (Lipinski definition) is 5. The number of benzene rings is 1. The van der Waals surface area contributed by atoms with Crippen LogP contribution in [0.4, 0.5) is 0 Å². The maximum absolute atomic E-state index is 5.82. The monoisotopic (exact) mass is 292 g/mol. The zero-order chi connectivity index (χ0) is 14.9. The van der Waals surface area contributed by atoms with Gasteiger partial charge in [-0.05, 0) is 30.3 Å². The third-order valence-corrected chi connectivity index (χ3v) is 3.28. The van der Waals surface area contributed by atoms with E-state index in [9.17, 15) is 0 Å². The molecular weight excluding hydrogens is 280 g/mol. The summed E-state index contributed by atoms with van der Waals surface area (Å²) >= 11 is 0. The second kappa shape index (κ2) is 4.96. The van der Waals surface area contributed by atoms with Crippen molar-refractivity contribution in [2.24, 2.45) is 7.05 Å². The lowest BCUT2D eigenvalue weighted by Crippen LogP contribution is -1.95. The summed E-state index contributed by atoms with van der Waals surface area (Å²) in [5, 5.41) is 4.19. The van der Waals surface area contributed by atoms with Crippen LogP contribution in [0, 0.1) is 0 Å². The van der Waals surface area contributed by atoms with Crippen LogP contribution in [0.25, 0.3) is 16.9 Å². The molecule has 4 aromatic rings. The summed E-state index contributed by atoms with van der Waals surface area (Å²) in [5.74, 6) is 1.12. The Balaban J connectivity index is 1.65. The van der Waals surface area contributed by atoms with E-state index < -0.39 is 0 Å². The van der Waals surface area contributed by atoms with Crippen molar-refractivity contribution in [2.45, 2.75) is 0 Å². The summed E-state index contributed by atoms with van der Waals surface area (Å²) < 4.78 is 9.43. The Bertz CT molecular complexity index is 911. The minimum atomic E-state index is 0.442. The van der Waals surface area contributed by atoms with E-state index in [-0.39, 0.29) is 0 Å². The van der Waals surface area contributed by atoms with Gasteiger partial charge in [-0.2, -0.15) is 10.1 Å². The van der Waals surface area contributed by atoms with E-state index in [1.165, 1.54) is 6.33 Å². The number of aromatic nitrogens is 6. The largest absolute Gasteiger partial charge is 0.437 e. The van der Waals surface area contributed by atoms with Crippen molar-refractivity contribution in [3.63, 3.8) is 0 Å². The van der Waals surface area contributed by atoms with Crippen LogP contribution in [0.2, 0.25) is 0 Å². The second-order valence-corrected chi connectivity index (χ2v) is 4.75. The van der Waals surface area contributed by atoms with E-state index in [0.717, 1.165) is 11.3 Å². The van der Waals surface area contributed by atoms with Crippen LogP contribution in [0.15, 0.2) is 55.4 Å². The number of nitrogens with zero attached hydrogens (tertiary/aromatic N) is 6. The van der Waals surface area contributed by atoms with Crippen molar-refractivity contribution in [3.8, 4) is 17.3 Å². The van der Waals surface area contributed by atoms with E-state index in [0.29, 0.717) is 17.1 Å². The van der Waals surface area contributed by atoms with Crippen LogP contribution in [0.3, 0.4) is 0 Å². The Morgan fingerprint density at radius 2 is 1.91 bits per heavy atom. The van der Waals surface area contributed by atoms with E-state index >= 15 is 0 Å². The first-order chi connectivity index (χ1) is 10.8. The quantitative estimate of drug-likeness (QED) is 0.579. The molecule has 7 nitrogen and oxygen atoms in total. The van der Waals surface area contributed by atoms with Gasteiger partial charge in [-0.1, -0.05) is 0 Å². The number of imidazole rings is 1. The summed E-state index contributed by atoms with van der Waals surface area (Å²) in [6.07, 6.45) is 6.78. The fourth-order valence-electron chi connectivity index (χ4n) is 2.20. The fraction of sp³-hybridized carbons (Fsp3) is 0.0667.